The third-order valence-electron chi connectivity index (χ3n) is 3.62. The maximum atomic E-state index is 14.3. The van der Waals surface area contributed by atoms with Crippen molar-refractivity contribution in [2.24, 2.45) is 4.99 Å². The fourth-order valence-electron chi connectivity index (χ4n) is 2.33. The summed E-state index contributed by atoms with van der Waals surface area (Å²) in [4.78, 5) is 29.6. The smallest absolute Gasteiger partial charge is 0.268 e. The lowest BCUT2D eigenvalue weighted by atomic mass is 10.1. The highest BCUT2D eigenvalue weighted by Crippen LogP contribution is 2.34. The van der Waals surface area contributed by atoms with E-state index in [1.165, 1.54) is 0 Å². The molecule has 27 heavy (non-hydrogen) atoms. The molecule has 0 fully saturated rings. The number of anilines is 1. The molecule has 0 unspecified atom stereocenters. The molecule has 0 N–H and O–H groups in total. The topological polar surface area (TPSA) is 53.0 Å². The number of urea groups is 1. The Bertz CT molecular complexity index is 980. The molecule has 0 bridgehead atoms. The molecule has 1 aliphatic rings. The van der Waals surface area contributed by atoms with Crippen LogP contribution in [-0.4, -0.2) is 29.8 Å². The second kappa shape index (κ2) is 7.16. The van der Waals surface area contributed by atoms with E-state index in [0.29, 0.717) is 9.80 Å². The molecule has 2 aromatic rings. The average molecular weight is 420 g/mol. The molecule has 0 aromatic heterocycles. The van der Waals surface area contributed by atoms with Gasteiger partial charge in [-0.1, -0.05) is 29.3 Å². The molecule has 0 saturated heterocycles. The van der Waals surface area contributed by atoms with Gasteiger partial charge < -0.3 is 0 Å². The molecule has 1 heterocycles. The fourth-order valence-corrected chi connectivity index (χ4v) is 2.77. The van der Waals surface area contributed by atoms with Gasteiger partial charge in [-0.15, -0.1) is 0 Å². The molecule has 11 heteroatoms. The second-order valence-corrected chi connectivity index (χ2v) is 6.03. The Morgan fingerprint density at radius 1 is 1.07 bits per heavy atom. The Kier molecular flexibility index (Phi) is 5.07. The first kappa shape index (κ1) is 19.1. The van der Waals surface area contributed by atoms with Gasteiger partial charge in [-0.25, -0.2) is 32.2 Å². The van der Waals surface area contributed by atoms with Gasteiger partial charge in [0.1, 0.15) is 35.2 Å². The summed E-state index contributed by atoms with van der Waals surface area (Å²) in [5, 5.41) is -1.55. The summed E-state index contributed by atoms with van der Waals surface area (Å²) < 4.78 is 55.5. The van der Waals surface area contributed by atoms with E-state index in [2.05, 4.69) is 4.99 Å². The van der Waals surface area contributed by atoms with Crippen molar-refractivity contribution in [3.63, 3.8) is 0 Å². The molecule has 0 atom stereocenters. The zero-order chi connectivity index (χ0) is 19.9. The monoisotopic (exact) mass is 419 g/mol. The van der Waals surface area contributed by atoms with Crippen molar-refractivity contribution in [3.05, 3.63) is 63.1 Å². The Morgan fingerprint density at radius 2 is 1.70 bits per heavy atom. The molecule has 2 aromatic carbocycles. The van der Waals surface area contributed by atoms with Crippen molar-refractivity contribution in [1.82, 2.24) is 4.90 Å². The first-order valence-corrected chi connectivity index (χ1v) is 7.91. The second-order valence-electron chi connectivity index (χ2n) is 5.24. The minimum absolute atomic E-state index is 0.381. The van der Waals surface area contributed by atoms with Gasteiger partial charge in [-0.05, 0) is 18.2 Å². The predicted octanol–water partition coefficient (Wildman–Crippen LogP) is 4.62. The molecule has 0 aliphatic carbocycles. The number of nitrogens with zero attached hydrogens (tertiary/aromatic N) is 3. The van der Waals surface area contributed by atoms with Crippen LogP contribution in [0.3, 0.4) is 0 Å². The van der Waals surface area contributed by atoms with Crippen molar-refractivity contribution in [2.45, 2.75) is 0 Å². The lowest BCUT2D eigenvalue weighted by molar-refractivity contribution is 0.0800. The van der Waals surface area contributed by atoms with Crippen molar-refractivity contribution in [3.8, 4) is 0 Å². The molecule has 0 radical (unpaired) electrons. The van der Waals surface area contributed by atoms with Gasteiger partial charge >= 0.3 is 6.03 Å². The van der Waals surface area contributed by atoms with Gasteiger partial charge in [0.15, 0.2) is 11.6 Å². The third-order valence-corrected chi connectivity index (χ3v) is 4.23. The van der Waals surface area contributed by atoms with E-state index < -0.39 is 63.2 Å². The summed E-state index contributed by atoms with van der Waals surface area (Å²) in [6, 6.07) is 2.30. The zero-order valence-corrected chi connectivity index (χ0v) is 14.5. The number of halogens is 6. The molecule has 0 spiro atoms. The molecular formula is C16H7Cl2F4N3O2. The van der Waals surface area contributed by atoms with Crippen LogP contribution in [0.1, 0.15) is 10.4 Å². The molecule has 5 nitrogen and oxygen atoms in total. The Labute approximate surface area is 159 Å². The van der Waals surface area contributed by atoms with E-state index in [0.717, 1.165) is 30.6 Å². The summed E-state index contributed by atoms with van der Waals surface area (Å²) in [7, 11) is 0. The quantitative estimate of drug-likeness (QED) is 0.405. The van der Waals surface area contributed by atoms with Crippen molar-refractivity contribution < 1.29 is 27.2 Å². The molecule has 140 valence electrons. The number of carbonyl (C=O) groups is 2. The minimum atomic E-state index is -1.33. The number of carbonyl (C=O) groups excluding carboxylic acids is 2. The molecule has 3 amide bonds. The normalized spacial score (nSPS) is 14.1. The highest BCUT2D eigenvalue weighted by atomic mass is 35.5. The van der Waals surface area contributed by atoms with Crippen LogP contribution >= 0.6 is 23.2 Å². The summed E-state index contributed by atoms with van der Waals surface area (Å²) >= 11 is 11.1. The summed E-state index contributed by atoms with van der Waals surface area (Å²) in [5.41, 5.74) is -1.56. The molecule has 1 aliphatic heterocycles. The van der Waals surface area contributed by atoms with Gasteiger partial charge in [0.05, 0.1) is 10.7 Å². The highest BCUT2D eigenvalue weighted by Gasteiger charge is 2.35. The Morgan fingerprint density at radius 3 is 2.33 bits per heavy atom. The summed E-state index contributed by atoms with van der Waals surface area (Å²) in [6.07, 6.45) is 0.854. The Balaban J connectivity index is 2.02. The van der Waals surface area contributed by atoms with Crippen LogP contribution in [0.5, 0.6) is 0 Å². The number of aliphatic imine (C=N–C) groups is 1. The van der Waals surface area contributed by atoms with Crippen molar-refractivity contribution in [1.29, 1.82) is 0 Å². The van der Waals surface area contributed by atoms with Gasteiger partial charge in [-0.3, -0.25) is 9.79 Å². The fraction of sp³-hybridized carbons (Fsp3) is 0.0625. The molecule has 0 saturated carbocycles. The first-order valence-electron chi connectivity index (χ1n) is 7.16. The highest BCUT2D eigenvalue weighted by molar-refractivity contribution is 6.35. The largest absolute Gasteiger partial charge is 0.338 e. The van der Waals surface area contributed by atoms with Gasteiger partial charge in [0.25, 0.3) is 5.91 Å². The number of imide groups is 1. The maximum Gasteiger partial charge on any atom is 0.338 e. The van der Waals surface area contributed by atoms with Crippen LogP contribution in [-0.2, 0) is 0 Å². The van der Waals surface area contributed by atoms with Gasteiger partial charge in [-0.2, -0.15) is 0 Å². The van der Waals surface area contributed by atoms with E-state index in [1.807, 2.05) is 0 Å². The van der Waals surface area contributed by atoms with Crippen LogP contribution < -0.4 is 4.90 Å². The van der Waals surface area contributed by atoms with E-state index in [-0.39, 0.29) is 0 Å². The van der Waals surface area contributed by atoms with Crippen LogP contribution in [0, 0.1) is 23.3 Å². The van der Waals surface area contributed by atoms with E-state index in [1.54, 1.807) is 0 Å². The van der Waals surface area contributed by atoms with Crippen molar-refractivity contribution in [2.75, 3.05) is 11.6 Å². The van der Waals surface area contributed by atoms with Gasteiger partial charge in [0, 0.05) is 0 Å². The number of benzene rings is 2. The van der Waals surface area contributed by atoms with Crippen molar-refractivity contribution >= 4 is 47.2 Å². The average Bonchev–Trinajstić information content (AvgIpc) is 2.63. The first-order chi connectivity index (χ1) is 12.7. The number of hydrogen-bond donors (Lipinski definition) is 0. The lowest BCUT2D eigenvalue weighted by Gasteiger charge is -2.29. The van der Waals surface area contributed by atoms with Crippen LogP contribution in [0.15, 0.2) is 29.3 Å². The molecular weight excluding hydrogens is 413 g/mol. The number of hydrogen-bond acceptors (Lipinski definition) is 3. The maximum absolute atomic E-state index is 14.3. The number of rotatable bonds is 2. The third kappa shape index (κ3) is 3.24. The Hall–Kier alpha value is -2.65. The van der Waals surface area contributed by atoms with Crippen LogP contribution in [0.2, 0.25) is 10.0 Å². The zero-order valence-electron chi connectivity index (χ0n) is 13.0. The lowest BCUT2D eigenvalue weighted by Crippen LogP contribution is -2.50. The van der Waals surface area contributed by atoms with E-state index in [4.69, 9.17) is 23.2 Å². The summed E-state index contributed by atoms with van der Waals surface area (Å²) in [6.45, 7) is -0.563. The SMILES string of the molecule is O=C(c1c(F)cccc1F)N1CN=CN(c2cc(Cl)c(F)c(Cl)c2F)C1=O. The minimum Gasteiger partial charge on any atom is -0.268 e. The van der Waals surface area contributed by atoms with E-state index in [9.17, 15) is 27.2 Å². The van der Waals surface area contributed by atoms with Crippen LogP contribution in [0.25, 0.3) is 0 Å². The predicted molar refractivity (Wildman–Crippen MR) is 90.1 cm³/mol. The standard InChI is InChI=1S/C16H7Cl2F4N3O2/c17-7-4-10(14(22)12(18)13(7)21)24-5-23-6-25(16(24)27)15(26)11-8(19)2-1-3-9(11)20/h1-5H,6H2. The molecule has 3 rings (SSSR count). The van der Waals surface area contributed by atoms with Gasteiger partial charge in [0.2, 0.25) is 0 Å². The van der Waals surface area contributed by atoms with E-state index >= 15 is 0 Å². The number of amides is 3. The van der Waals surface area contributed by atoms with Crippen LogP contribution in [0.4, 0.5) is 28.0 Å². The summed E-state index contributed by atoms with van der Waals surface area (Å²) in [5.74, 6) is -6.26.